The lowest BCUT2D eigenvalue weighted by Gasteiger charge is -2.38. The first-order chi connectivity index (χ1) is 6.19. The average molecular weight is 179 g/mol. The number of hydrogen-bond donors (Lipinski definition) is 1. The Morgan fingerprint density at radius 1 is 1.31 bits per heavy atom. The van der Waals surface area contributed by atoms with Gasteiger partial charge >= 0.3 is 0 Å². The van der Waals surface area contributed by atoms with Crippen LogP contribution in [0.15, 0.2) is 0 Å². The highest BCUT2D eigenvalue weighted by molar-refractivity contribution is 5.01. The van der Waals surface area contributed by atoms with Gasteiger partial charge in [0, 0.05) is 12.5 Å². The van der Waals surface area contributed by atoms with Crippen molar-refractivity contribution in [1.82, 2.24) is 0 Å². The van der Waals surface area contributed by atoms with Gasteiger partial charge in [-0.15, -0.1) is 11.8 Å². The van der Waals surface area contributed by atoms with Gasteiger partial charge in [0.25, 0.3) is 0 Å². The van der Waals surface area contributed by atoms with E-state index < -0.39 is 0 Å². The molecular formula is C12H21N. The van der Waals surface area contributed by atoms with E-state index in [4.69, 9.17) is 5.73 Å². The summed E-state index contributed by atoms with van der Waals surface area (Å²) >= 11 is 0. The molecule has 1 aliphatic rings. The van der Waals surface area contributed by atoms with Crippen molar-refractivity contribution < 1.29 is 0 Å². The fourth-order valence-electron chi connectivity index (χ4n) is 2.19. The lowest BCUT2D eigenvalue weighted by molar-refractivity contribution is 0.171. The summed E-state index contributed by atoms with van der Waals surface area (Å²) in [5.41, 5.74) is 6.53. The van der Waals surface area contributed by atoms with E-state index in [0.717, 1.165) is 6.42 Å². The first kappa shape index (κ1) is 10.6. The number of rotatable bonds is 2. The van der Waals surface area contributed by atoms with E-state index in [1.165, 1.54) is 32.1 Å². The van der Waals surface area contributed by atoms with Gasteiger partial charge in [-0.05, 0) is 25.2 Å². The van der Waals surface area contributed by atoms with E-state index in [1.54, 1.807) is 0 Å². The molecule has 0 saturated heterocycles. The van der Waals surface area contributed by atoms with Gasteiger partial charge in [0.2, 0.25) is 0 Å². The fourth-order valence-corrected chi connectivity index (χ4v) is 2.19. The predicted molar refractivity (Wildman–Crippen MR) is 57.2 cm³/mol. The van der Waals surface area contributed by atoms with Crippen molar-refractivity contribution in [2.75, 3.05) is 0 Å². The molecular weight excluding hydrogens is 158 g/mol. The molecule has 74 valence electrons. The minimum Gasteiger partial charge on any atom is -0.326 e. The maximum absolute atomic E-state index is 6.17. The Bertz CT molecular complexity index is 203. The second-order valence-corrected chi connectivity index (χ2v) is 4.45. The van der Waals surface area contributed by atoms with Crippen molar-refractivity contribution in [1.29, 1.82) is 0 Å². The Morgan fingerprint density at radius 2 is 1.92 bits per heavy atom. The highest BCUT2D eigenvalue weighted by Crippen LogP contribution is 2.38. The molecule has 1 saturated carbocycles. The van der Waals surface area contributed by atoms with E-state index in [0.29, 0.717) is 5.41 Å². The molecule has 1 heteroatoms. The molecule has 0 amide bonds. The standard InChI is InChI=1S/C12H21N/c1-3-4-8-11(13)12(2)9-6-5-7-10-12/h11H,5-10,13H2,1-2H3. The second-order valence-electron chi connectivity index (χ2n) is 4.45. The summed E-state index contributed by atoms with van der Waals surface area (Å²) < 4.78 is 0. The van der Waals surface area contributed by atoms with Crippen LogP contribution in [0.1, 0.15) is 52.4 Å². The average Bonchev–Trinajstić information content (AvgIpc) is 2.15. The van der Waals surface area contributed by atoms with Crippen LogP contribution in [-0.2, 0) is 0 Å². The highest BCUT2D eigenvalue weighted by Gasteiger charge is 2.32. The molecule has 0 aliphatic heterocycles. The summed E-state index contributed by atoms with van der Waals surface area (Å²) in [6.45, 7) is 4.21. The van der Waals surface area contributed by atoms with Crippen LogP contribution in [0.2, 0.25) is 0 Å². The van der Waals surface area contributed by atoms with Gasteiger partial charge in [-0.25, -0.2) is 0 Å². The van der Waals surface area contributed by atoms with Crippen LogP contribution in [0.4, 0.5) is 0 Å². The molecule has 1 atom stereocenters. The summed E-state index contributed by atoms with van der Waals surface area (Å²) in [6.07, 6.45) is 7.54. The molecule has 0 heterocycles. The van der Waals surface area contributed by atoms with Crippen LogP contribution in [0.25, 0.3) is 0 Å². The first-order valence-corrected chi connectivity index (χ1v) is 5.34. The third-order valence-corrected chi connectivity index (χ3v) is 3.39. The quantitative estimate of drug-likeness (QED) is 0.648. The number of hydrogen-bond acceptors (Lipinski definition) is 1. The minimum absolute atomic E-state index is 0.278. The summed E-state index contributed by atoms with van der Waals surface area (Å²) in [6, 6.07) is 0.278. The summed E-state index contributed by atoms with van der Waals surface area (Å²) in [5.74, 6) is 6.02. The number of nitrogens with two attached hydrogens (primary N) is 1. The van der Waals surface area contributed by atoms with Gasteiger partial charge < -0.3 is 5.73 Å². The van der Waals surface area contributed by atoms with E-state index in [-0.39, 0.29) is 6.04 Å². The van der Waals surface area contributed by atoms with Crippen molar-refractivity contribution in [3.63, 3.8) is 0 Å². The van der Waals surface area contributed by atoms with Crippen LogP contribution in [0.3, 0.4) is 0 Å². The van der Waals surface area contributed by atoms with Gasteiger partial charge in [-0.2, -0.15) is 0 Å². The normalized spacial score (nSPS) is 23.0. The van der Waals surface area contributed by atoms with Gasteiger partial charge in [0.15, 0.2) is 0 Å². The molecule has 1 aliphatic carbocycles. The predicted octanol–water partition coefficient (Wildman–Crippen LogP) is 2.70. The highest BCUT2D eigenvalue weighted by atomic mass is 14.7. The monoisotopic (exact) mass is 179 g/mol. The molecule has 0 aromatic carbocycles. The second kappa shape index (κ2) is 4.67. The van der Waals surface area contributed by atoms with E-state index in [1.807, 2.05) is 6.92 Å². The third-order valence-electron chi connectivity index (χ3n) is 3.39. The molecule has 13 heavy (non-hydrogen) atoms. The molecule has 1 nitrogen and oxygen atoms in total. The van der Waals surface area contributed by atoms with Crippen LogP contribution in [0, 0.1) is 17.3 Å². The first-order valence-electron chi connectivity index (χ1n) is 5.34. The summed E-state index contributed by atoms with van der Waals surface area (Å²) in [4.78, 5) is 0. The molecule has 2 N–H and O–H groups in total. The lowest BCUT2D eigenvalue weighted by Crippen LogP contribution is -2.40. The van der Waals surface area contributed by atoms with Crippen molar-refractivity contribution in [2.24, 2.45) is 11.1 Å². The third kappa shape index (κ3) is 2.74. The zero-order valence-corrected chi connectivity index (χ0v) is 8.90. The van der Waals surface area contributed by atoms with Crippen LogP contribution < -0.4 is 5.73 Å². The van der Waals surface area contributed by atoms with Crippen LogP contribution in [0.5, 0.6) is 0 Å². The smallest absolute Gasteiger partial charge is 0.0246 e. The summed E-state index contributed by atoms with van der Waals surface area (Å²) in [7, 11) is 0. The Hall–Kier alpha value is -0.480. The summed E-state index contributed by atoms with van der Waals surface area (Å²) in [5, 5.41) is 0. The topological polar surface area (TPSA) is 26.0 Å². The Labute approximate surface area is 82.1 Å². The molecule has 1 rings (SSSR count). The van der Waals surface area contributed by atoms with E-state index >= 15 is 0 Å². The maximum atomic E-state index is 6.17. The van der Waals surface area contributed by atoms with Crippen molar-refractivity contribution in [3.8, 4) is 11.8 Å². The lowest BCUT2D eigenvalue weighted by atomic mass is 9.70. The van der Waals surface area contributed by atoms with Crippen LogP contribution >= 0.6 is 0 Å². The largest absolute Gasteiger partial charge is 0.326 e. The van der Waals surface area contributed by atoms with Gasteiger partial charge in [0.05, 0.1) is 0 Å². The molecule has 0 aromatic rings. The molecule has 0 spiro atoms. The van der Waals surface area contributed by atoms with Crippen molar-refractivity contribution in [2.45, 2.75) is 58.4 Å². The van der Waals surface area contributed by atoms with Crippen molar-refractivity contribution in [3.05, 3.63) is 0 Å². The molecule has 1 unspecified atom stereocenters. The Balaban J connectivity index is 2.49. The van der Waals surface area contributed by atoms with Gasteiger partial charge in [0.1, 0.15) is 0 Å². The fraction of sp³-hybridized carbons (Fsp3) is 0.833. The van der Waals surface area contributed by atoms with Crippen LogP contribution in [-0.4, -0.2) is 6.04 Å². The van der Waals surface area contributed by atoms with Gasteiger partial charge in [-0.3, -0.25) is 0 Å². The minimum atomic E-state index is 0.278. The van der Waals surface area contributed by atoms with E-state index in [9.17, 15) is 0 Å². The Morgan fingerprint density at radius 3 is 2.46 bits per heavy atom. The maximum Gasteiger partial charge on any atom is 0.0246 e. The molecule has 1 fully saturated rings. The van der Waals surface area contributed by atoms with Crippen molar-refractivity contribution >= 4 is 0 Å². The molecule has 0 bridgehead atoms. The van der Waals surface area contributed by atoms with E-state index in [2.05, 4.69) is 18.8 Å². The molecule has 0 radical (unpaired) electrons. The SMILES string of the molecule is CC#CCC(N)C1(C)CCCCC1. The molecule has 0 aromatic heterocycles. The van der Waals surface area contributed by atoms with Gasteiger partial charge in [-0.1, -0.05) is 26.2 Å². The zero-order chi connectivity index (χ0) is 9.73. The zero-order valence-electron chi connectivity index (χ0n) is 8.90. The Kier molecular flexibility index (Phi) is 3.81.